The second-order valence-electron chi connectivity index (χ2n) is 8.39. The lowest BCUT2D eigenvalue weighted by molar-refractivity contribution is 0.0928. The van der Waals surface area contributed by atoms with Crippen LogP contribution in [0.5, 0.6) is 0 Å². The van der Waals surface area contributed by atoms with Crippen LogP contribution < -0.4 is 5.32 Å². The molecule has 32 heavy (non-hydrogen) atoms. The van der Waals surface area contributed by atoms with E-state index in [9.17, 15) is 13.2 Å². The summed E-state index contributed by atoms with van der Waals surface area (Å²) in [4.78, 5) is 13.7. The highest BCUT2D eigenvalue weighted by atomic mass is 35.5. The minimum absolute atomic E-state index is 0.0201. The van der Waals surface area contributed by atoms with Gasteiger partial charge in [0.2, 0.25) is 0 Å². The van der Waals surface area contributed by atoms with Crippen molar-refractivity contribution in [1.82, 2.24) is 15.1 Å². The van der Waals surface area contributed by atoms with Crippen LogP contribution in [0.1, 0.15) is 59.0 Å². The van der Waals surface area contributed by atoms with Gasteiger partial charge in [-0.2, -0.15) is 5.10 Å². The summed E-state index contributed by atoms with van der Waals surface area (Å²) in [6.45, 7) is 0. The number of aromatic nitrogens is 2. The maximum Gasteiger partial charge on any atom is 0.272 e. The number of benzene rings is 2. The van der Waals surface area contributed by atoms with Crippen molar-refractivity contribution in [2.45, 2.75) is 49.5 Å². The second kappa shape index (κ2) is 8.37. The fourth-order valence-electron chi connectivity index (χ4n) is 4.72. The minimum atomic E-state index is -3.31. The fourth-order valence-corrected chi connectivity index (χ4v) is 6.47. The molecule has 1 unspecified atom stereocenters. The van der Waals surface area contributed by atoms with Crippen molar-refractivity contribution in [2.24, 2.45) is 0 Å². The van der Waals surface area contributed by atoms with E-state index < -0.39 is 9.84 Å². The van der Waals surface area contributed by atoms with Crippen LogP contribution in [-0.4, -0.2) is 29.9 Å². The van der Waals surface area contributed by atoms with Crippen molar-refractivity contribution in [3.05, 3.63) is 76.1 Å². The minimum Gasteiger partial charge on any atom is -0.344 e. The maximum atomic E-state index is 13.4. The van der Waals surface area contributed by atoms with Crippen LogP contribution in [0.25, 0.3) is 5.69 Å². The predicted octanol–water partition coefficient (Wildman–Crippen LogP) is 4.44. The Labute approximate surface area is 192 Å². The molecule has 2 heterocycles. The van der Waals surface area contributed by atoms with Gasteiger partial charge < -0.3 is 5.32 Å². The highest BCUT2D eigenvalue weighted by Gasteiger charge is 2.32. The molecule has 0 saturated heterocycles. The first kappa shape index (κ1) is 21.2. The van der Waals surface area contributed by atoms with E-state index in [0.29, 0.717) is 27.6 Å². The van der Waals surface area contributed by atoms with E-state index in [2.05, 4.69) is 5.32 Å². The van der Waals surface area contributed by atoms with Crippen LogP contribution in [0.4, 0.5) is 0 Å². The van der Waals surface area contributed by atoms with Gasteiger partial charge in [-0.25, -0.2) is 13.1 Å². The Balaban J connectivity index is 1.51. The van der Waals surface area contributed by atoms with Gasteiger partial charge in [-0.15, -0.1) is 0 Å². The Hall–Kier alpha value is -2.64. The molecule has 2 aliphatic rings. The molecule has 8 heteroatoms. The molecular formula is C24H24ClN3O3S. The number of rotatable bonds is 3. The zero-order chi connectivity index (χ0) is 22.3. The first-order valence-corrected chi connectivity index (χ1v) is 13.0. The molecule has 1 atom stereocenters. The van der Waals surface area contributed by atoms with Gasteiger partial charge in [-0.1, -0.05) is 36.2 Å². The standard InChI is InChI=1S/C24H24ClN3O3S/c25-16-10-12-17(13-11-16)28-21-8-3-1-2-7-19(21)23(27-28)24(29)26-20-14-15-32(30,31)22-9-5-4-6-18(20)22/h4-6,9-13,20H,1-3,7-8,14-15H2,(H,26,29). The summed E-state index contributed by atoms with van der Waals surface area (Å²) in [6.07, 6.45) is 5.21. The Morgan fingerprint density at radius 2 is 1.78 bits per heavy atom. The zero-order valence-corrected chi connectivity index (χ0v) is 19.1. The predicted molar refractivity (Wildman–Crippen MR) is 123 cm³/mol. The lowest BCUT2D eigenvalue weighted by atomic mass is 10.0. The van der Waals surface area contributed by atoms with Crippen LogP contribution >= 0.6 is 11.6 Å². The van der Waals surface area contributed by atoms with Gasteiger partial charge >= 0.3 is 0 Å². The van der Waals surface area contributed by atoms with Gasteiger partial charge in [0.05, 0.1) is 22.4 Å². The summed E-state index contributed by atoms with van der Waals surface area (Å²) in [6, 6.07) is 14.0. The highest BCUT2D eigenvalue weighted by molar-refractivity contribution is 7.91. The van der Waals surface area contributed by atoms with Crippen LogP contribution in [-0.2, 0) is 22.7 Å². The SMILES string of the molecule is O=C(NC1CCS(=O)(=O)c2ccccc21)c1nn(-c2ccc(Cl)cc2)c2c1CCCCC2. The number of carbonyl (C=O) groups excluding carboxylic acids is 1. The van der Waals surface area contributed by atoms with Crippen molar-refractivity contribution in [1.29, 1.82) is 0 Å². The molecule has 1 amide bonds. The number of hydrogen-bond acceptors (Lipinski definition) is 4. The van der Waals surface area contributed by atoms with Gasteiger partial charge in [-0.3, -0.25) is 4.79 Å². The number of amides is 1. The lowest BCUT2D eigenvalue weighted by Crippen LogP contribution is -2.34. The molecule has 1 N–H and O–H groups in total. The van der Waals surface area contributed by atoms with E-state index in [1.165, 1.54) is 0 Å². The van der Waals surface area contributed by atoms with E-state index in [1.807, 2.05) is 28.9 Å². The summed E-state index contributed by atoms with van der Waals surface area (Å²) < 4.78 is 26.8. The number of fused-ring (bicyclic) bond motifs is 2. The Morgan fingerprint density at radius 3 is 2.59 bits per heavy atom. The van der Waals surface area contributed by atoms with E-state index >= 15 is 0 Å². The van der Waals surface area contributed by atoms with Gasteiger partial charge in [0, 0.05) is 16.3 Å². The van der Waals surface area contributed by atoms with Gasteiger partial charge in [-0.05, 0) is 68.0 Å². The molecule has 6 nitrogen and oxygen atoms in total. The fraction of sp³-hybridized carbons (Fsp3) is 0.333. The van der Waals surface area contributed by atoms with Crippen molar-refractivity contribution in [2.75, 3.05) is 5.75 Å². The maximum absolute atomic E-state index is 13.4. The molecule has 0 radical (unpaired) electrons. The molecule has 5 rings (SSSR count). The summed E-state index contributed by atoms with van der Waals surface area (Å²) in [7, 11) is -3.31. The third kappa shape index (κ3) is 3.84. The summed E-state index contributed by atoms with van der Waals surface area (Å²) in [5, 5.41) is 8.45. The molecule has 0 spiro atoms. The average molecular weight is 470 g/mol. The van der Waals surface area contributed by atoms with Crippen molar-refractivity contribution in [3.8, 4) is 5.69 Å². The second-order valence-corrected chi connectivity index (χ2v) is 10.9. The van der Waals surface area contributed by atoms with Gasteiger partial charge in [0.1, 0.15) is 0 Å². The summed E-state index contributed by atoms with van der Waals surface area (Å²) in [5.74, 6) is -0.235. The average Bonchev–Trinajstić information content (AvgIpc) is 2.97. The van der Waals surface area contributed by atoms with Crippen molar-refractivity contribution in [3.63, 3.8) is 0 Å². The van der Waals surface area contributed by atoms with Crippen LogP contribution in [0.2, 0.25) is 5.02 Å². The van der Waals surface area contributed by atoms with E-state index in [1.54, 1.807) is 24.3 Å². The summed E-state index contributed by atoms with van der Waals surface area (Å²) in [5.41, 5.74) is 4.02. The molecule has 1 aliphatic carbocycles. The Kier molecular flexibility index (Phi) is 5.55. The number of carbonyl (C=O) groups is 1. The monoisotopic (exact) mass is 469 g/mol. The van der Waals surface area contributed by atoms with E-state index in [0.717, 1.165) is 49.0 Å². The van der Waals surface area contributed by atoms with Crippen molar-refractivity contribution < 1.29 is 13.2 Å². The van der Waals surface area contributed by atoms with Crippen LogP contribution in [0.15, 0.2) is 53.4 Å². The molecule has 0 saturated carbocycles. The quantitative estimate of drug-likeness (QED) is 0.575. The molecule has 0 bridgehead atoms. The lowest BCUT2D eigenvalue weighted by Gasteiger charge is -2.26. The Morgan fingerprint density at radius 1 is 1.03 bits per heavy atom. The number of sulfone groups is 1. The number of halogens is 1. The first-order valence-electron chi connectivity index (χ1n) is 10.9. The molecule has 1 aliphatic heterocycles. The zero-order valence-electron chi connectivity index (χ0n) is 17.6. The smallest absolute Gasteiger partial charge is 0.272 e. The first-order chi connectivity index (χ1) is 15.4. The van der Waals surface area contributed by atoms with Crippen LogP contribution in [0.3, 0.4) is 0 Å². The molecule has 2 aromatic carbocycles. The van der Waals surface area contributed by atoms with E-state index in [-0.39, 0.29) is 17.7 Å². The third-order valence-electron chi connectivity index (χ3n) is 6.33. The number of nitrogens with one attached hydrogen (secondary N) is 1. The van der Waals surface area contributed by atoms with Crippen molar-refractivity contribution >= 4 is 27.3 Å². The highest BCUT2D eigenvalue weighted by Crippen LogP contribution is 2.33. The third-order valence-corrected chi connectivity index (χ3v) is 8.39. The largest absolute Gasteiger partial charge is 0.344 e. The normalized spacial score (nSPS) is 19.5. The molecule has 0 fully saturated rings. The number of nitrogens with zero attached hydrogens (tertiary/aromatic N) is 2. The number of hydrogen-bond donors (Lipinski definition) is 1. The topological polar surface area (TPSA) is 81.1 Å². The Bertz CT molecular complexity index is 1280. The molecular weight excluding hydrogens is 446 g/mol. The molecule has 166 valence electrons. The van der Waals surface area contributed by atoms with E-state index in [4.69, 9.17) is 16.7 Å². The summed E-state index contributed by atoms with van der Waals surface area (Å²) >= 11 is 6.06. The molecule has 1 aromatic heterocycles. The van der Waals surface area contributed by atoms with Gasteiger partial charge in [0.15, 0.2) is 15.5 Å². The van der Waals surface area contributed by atoms with Gasteiger partial charge in [0.25, 0.3) is 5.91 Å². The van der Waals surface area contributed by atoms with Crippen LogP contribution in [0, 0.1) is 0 Å². The molecule has 3 aromatic rings.